The fourth-order valence-electron chi connectivity index (χ4n) is 4.70. The number of anilines is 3. The number of aliphatic carboxylic acids is 1. The minimum atomic E-state index is -0.942. The number of nitrogens with one attached hydrogen (secondary N) is 4. The van der Waals surface area contributed by atoms with Crippen molar-refractivity contribution >= 4 is 29.7 Å². The van der Waals surface area contributed by atoms with Gasteiger partial charge in [-0.3, -0.25) is 4.79 Å². The van der Waals surface area contributed by atoms with Gasteiger partial charge in [0.2, 0.25) is 17.8 Å². The van der Waals surface area contributed by atoms with Gasteiger partial charge in [-0.2, -0.15) is 15.0 Å². The Morgan fingerprint density at radius 1 is 0.857 bits per heavy atom. The van der Waals surface area contributed by atoms with Gasteiger partial charge in [0.1, 0.15) is 6.04 Å². The maximum atomic E-state index is 12.0. The number of carbonyl (C=O) groups is 2. The third-order valence-corrected chi connectivity index (χ3v) is 6.85. The predicted molar refractivity (Wildman–Crippen MR) is 163 cm³/mol. The Kier molecular flexibility index (Phi) is 14.8. The predicted octanol–water partition coefficient (Wildman–Crippen LogP) is 4.18. The fourth-order valence-corrected chi connectivity index (χ4v) is 4.70. The molecule has 0 spiro atoms. The Hall–Kier alpha value is -3.51. The molecule has 1 heterocycles. The molecule has 0 unspecified atom stereocenters. The van der Waals surface area contributed by atoms with Crippen molar-refractivity contribution in [1.29, 1.82) is 0 Å². The van der Waals surface area contributed by atoms with Crippen molar-refractivity contribution in [3.8, 4) is 0 Å². The summed E-state index contributed by atoms with van der Waals surface area (Å²) in [5.41, 5.74) is 0.620. The number of ether oxygens (including phenoxy) is 2. The minimum absolute atomic E-state index is 0.125. The van der Waals surface area contributed by atoms with Gasteiger partial charge in [-0.25, -0.2) is 4.79 Å². The minimum Gasteiger partial charge on any atom is -0.480 e. The standard InChI is InChI=1S/C30H47N7O5/c1-22(2)21-25(27(39)40)34-30-36-28(35-29(37-30)33-24-13-9-4-3-5-10-14-24)32-16-18-42-20-19-41-17-15-31-26(38)23-11-7-6-8-12-23/h6-8,11-12,22,24-25H,3-5,9-10,13-21H2,1-2H3,(H,31,38)(H,39,40)(H3,32,33,34,35,36,37)/t25-/m0/s1. The summed E-state index contributed by atoms with van der Waals surface area (Å²) in [6.45, 7) is 6.44. The summed E-state index contributed by atoms with van der Waals surface area (Å²) in [5, 5.41) is 22.1. The number of carbonyl (C=O) groups excluding carboxylic acids is 1. The Morgan fingerprint density at radius 2 is 1.48 bits per heavy atom. The van der Waals surface area contributed by atoms with Crippen LogP contribution in [0.4, 0.5) is 17.8 Å². The zero-order valence-corrected chi connectivity index (χ0v) is 24.9. The summed E-state index contributed by atoms with van der Waals surface area (Å²) >= 11 is 0. The second kappa shape index (κ2) is 18.8. The van der Waals surface area contributed by atoms with E-state index in [2.05, 4.69) is 36.2 Å². The van der Waals surface area contributed by atoms with E-state index in [1.807, 2.05) is 32.0 Å². The van der Waals surface area contributed by atoms with Crippen molar-refractivity contribution in [3.05, 3.63) is 35.9 Å². The number of aromatic nitrogens is 3. The second-order valence-electron chi connectivity index (χ2n) is 10.9. The lowest BCUT2D eigenvalue weighted by Gasteiger charge is -2.22. The van der Waals surface area contributed by atoms with Crippen molar-refractivity contribution in [1.82, 2.24) is 20.3 Å². The number of benzene rings is 1. The van der Waals surface area contributed by atoms with E-state index in [4.69, 9.17) is 9.47 Å². The van der Waals surface area contributed by atoms with Crippen LogP contribution in [0.2, 0.25) is 0 Å². The molecule has 0 saturated heterocycles. The Balaban J connectivity index is 1.43. The third-order valence-electron chi connectivity index (χ3n) is 6.85. The lowest BCUT2D eigenvalue weighted by atomic mass is 9.97. The summed E-state index contributed by atoms with van der Waals surface area (Å²) in [5.74, 6) is 0.135. The van der Waals surface area contributed by atoms with Gasteiger partial charge >= 0.3 is 5.97 Å². The molecule has 12 heteroatoms. The number of hydrogen-bond acceptors (Lipinski definition) is 10. The highest BCUT2D eigenvalue weighted by Gasteiger charge is 2.21. The smallest absolute Gasteiger partial charge is 0.326 e. The Labute approximate surface area is 248 Å². The van der Waals surface area contributed by atoms with Crippen LogP contribution >= 0.6 is 0 Å². The van der Waals surface area contributed by atoms with Crippen molar-refractivity contribution < 1.29 is 24.2 Å². The van der Waals surface area contributed by atoms with Gasteiger partial charge in [0.15, 0.2) is 0 Å². The molecule has 3 rings (SSSR count). The van der Waals surface area contributed by atoms with E-state index in [1.165, 1.54) is 19.3 Å². The summed E-state index contributed by atoms with van der Waals surface area (Å²) in [4.78, 5) is 37.3. The van der Waals surface area contributed by atoms with Gasteiger partial charge in [-0.1, -0.05) is 64.2 Å². The molecule has 1 aromatic heterocycles. The van der Waals surface area contributed by atoms with Crippen LogP contribution in [0.3, 0.4) is 0 Å². The van der Waals surface area contributed by atoms with E-state index in [0.29, 0.717) is 63.4 Å². The number of hydrogen-bond donors (Lipinski definition) is 5. The molecule has 1 amide bonds. The van der Waals surface area contributed by atoms with E-state index >= 15 is 0 Å². The van der Waals surface area contributed by atoms with Crippen LogP contribution in [0, 0.1) is 5.92 Å². The summed E-state index contributed by atoms with van der Waals surface area (Å²) in [6.07, 6.45) is 8.64. The Bertz CT molecular complexity index is 1070. The first-order chi connectivity index (χ1) is 20.4. The molecule has 1 aliphatic rings. The first kappa shape index (κ1) is 33.0. The average molecular weight is 586 g/mol. The summed E-state index contributed by atoms with van der Waals surface area (Å²) in [6, 6.07) is 8.52. The molecular formula is C30H47N7O5. The van der Waals surface area contributed by atoms with Crippen molar-refractivity contribution in [2.75, 3.05) is 55.5 Å². The molecule has 5 N–H and O–H groups in total. The molecule has 232 valence electrons. The van der Waals surface area contributed by atoms with Gasteiger partial charge in [0, 0.05) is 24.7 Å². The molecule has 0 radical (unpaired) electrons. The van der Waals surface area contributed by atoms with Crippen LogP contribution in [-0.4, -0.2) is 83.5 Å². The number of rotatable bonds is 18. The molecule has 1 fully saturated rings. The van der Waals surface area contributed by atoms with E-state index in [0.717, 1.165) is 25.7 Å². The topological polar surface area (TPSA) is 160 Å². The molecule has 12 nitrogen and oxygen atoms in total. The quantitative estimate of drug-likeness (QED) is 0.160. The van der Waals surface area contributed by atoms with E-state index in [-0.39, 0.29) is 23.8 Å². The van der Waals surface area contributed by atoms with Crippen molar-refractivity contribution in [2.45, 2.75) is 77.3 Å². The van der Waals surface area contributed by atoms with Gasteiger partial charge in [-0.05, 0) is 37.3 Å². The lowest BCUT2D eigenvalue weighted by Crippen LogP contribution is -2.32. The Morgan fingerprint density at radius 3 is 2.14 bits per heavy atom. The molecular weight excluding hydrogens is 538 g/mol. The summed E-state index contributed by atoms with van der Waals surface area (Å²) < 4.78 is 11.2. The number of carboxylic acid groups (broad SMARTS) is 1. The fraction of sp³-hybridized carbons (Fsp3) is 0.633. The van der Waals surface area contributed by atoms with Crippen molar-refractivity contribution in [3.63, 3.8) is 0 Å². The first-order valence-electron chi connectivity index (χ1n) is 15.1. The van der Waals surface area contributed by atoms with E-state index in [9.17, 15) is 14.7 Å². The third kappa shape index (κ3) is 13.0. The maximum absolute atomic E-state index is 12.0. The molecule has 1 atom stereocenters. The lowest BCUT2D eigenvalue weighted by molar-refractivity contribution is -0.138. The second-order valence-corrected chi connectivity index (χ2v) is 10.9. The van der Waals surface area contributed by atoms with Gasteiger partial charge in [0.25, 0.3) is 5.91 Å². The van der Waals surface area contributed by atoms with Crippen LogP contribution in [0.25, 0.3) is 0 Å². The molecule has 1 saturated carbocycles. The highest BCUT2D eigenvalue weighted by atomic mass is 16.5. The molecule has 2 aromatic rings. The van der Waals surface area contributed by atoms with Crippen LogP contribution in [0.1, 0.15) is 75.6 Å². The van der Waals surface area contributed by atoms with E-state index < -0.39 is 12.0 Å². The normalized spacial score (nSPS) is 14.9. The molecule has 42 heavy (non-hydrogen) atoms. The largest absolute Gasteiger partial charge is 0.480 e. The zero-order chi connectivity index (χ0) is 30.0. The summed E-state index contributed by atoms with van der Waals surface area (Å²) in [7, 11) is 0. The van der Waals surface area contributed by atoms with Crippen molar-refractivity contribution in [2.24, 2.45) is 5.92 Å². The highest BCUT2D eigenvalue weighted by Crippen LogP contribution is 2.21. The van der Waals surface area contributed by atoms with E-state index in [1.54, 1.807) is 12.1 Å². The monoisotopic (exact) mass is 585 g/mol. The van der Waals surface area contributed by atoms with Crippen LogP contribution in [0.5, 0.6) is 0 Å². The van der Waals surface area contributed by atoms with Gasteiger partial charge < -0.3 is 35.8 Å². The average Bonchev–Trinajstić information content (AvgIpc) is 2.95. The van der Waals surface area contributed by atoms with Gasteiger partial charge in [-0.15, -0.1) is 0 Å². The number of carboxylic acids is 1. The zero-order valence-electron chi connectivity index (χ0n) is 24.9. The molecule has 1 aliphatic carbocycles. The van der Waals surface area contributed by atoms with Gasteiger partial charge in [0.05, 0.1) is 26.4 Å². The number of amides is 1. The SMILES string of the molecule is CC(C)C[C@H](Nc1nc(NCCOCCOCCNC(=O)c2ccccc2)nc(NC2CCCCCCC2)n1)C(=O)O. The van der Waals surface area contributed by atoms with Crippen LogP contribution < -0.4 is 21.3 Å². The maximum Gasteiger partial charge on any atom is 0.326 e. The number of nitrogens with zero attached hydrogens (tertiary/aromatic N) is 3. The van der Waals surface area contributed by atoms with Crippen LogP contribution in [0.15, 0.2) is 30.3 Å². The molecule has 1 aromatic carbocycles. The molecule has 0 bridgehead atoms. The first-order valence-corrected chi connectivity index (χ1v) is 15.1. The van der Waals surface area contributed by atoms with Crippen LogP contribution in [-0.2, 0) is 14.3 Å². The molecule has 0 aliphatic heterocycles. The highest BCUT2D eigenvalue weighted by molar-refractivity contribution is 5.94.